The van der Waals surface area contributed by atoms with Gasteiger partial charge in [0.2, 0.25) is 11.2 Å². The van der Waals surface area contributed by atoms with Gasteiger partial charge < -0.3 is 10.2 Å². The van der Waals surface area contributed by atoms with Gasteiger partial charge >= 0.3 is 0 Å². The van der Waals surface area contributed by atoms with Gasteiger partial charge in [0, 0.05) is 5.39 Å². The molecule has 2 aromatic heterocycles. The highest BCUT2D eigenvalue weighted by Crippen LogP contribution is 2.28. The van der Waals surface area contributed by atoms with Crippen molar-refractivity contribution in [3.05, 3.63) is 35.8 Å². The van der Waals surface area contributed by atoms with E-state index in [1.165, 1.54) is 0 Å². The Balaban J connectivity index is 2.27. The van der Waals surface area contributed by atoms with E-state index in [9.17, 15) is 0 Å². The van der Waals surface area contributed by atoms with E-state index in [2.05, 4.69) is 15.0 Å². The monoisotopic (exact) mass is 246 g/mol. The molecule has 5 nitrogen and oxygen atoms in total. The highest BCUT2D eigenvalue weighted by Gasteiger charge is 2.11. The molecule has 0 atom stereocenters. The molecule has 3 aromatic rings. The highest BCUT2D eigenvalue weighted by atomic mass is 35.5. The van der Waals surface area contributed by atoms with Crippen molar-refractivity contribution < 1.29 is 4.42 Å². The Kier molecular flexibility index (Phi) is 2.19. The van der Waals surface area contributed by atoms with Crippen molar-refractivity contribution in [2.45, 2.75) is 0 Å². The standard InChI is InChI=1S/C11H7ClN4O/c12-10-14-9(15-11(13)16-10)7-5-17-8-4-2-1-3-6(7)8/h1-5H,(H2,13,14,15,16). The number of fused-ring (bicyclic) bond motifs is 1. The van der Waals surface area contributed by atoms with Crippen LogP contribution < -0.4 is 5.73 Å². The summed E-state index contributed by atoms with van der Waals surface area (Å²) in [6.45, 7) is 0. The zero-order chi connectivity index (χ0) is 11.8. The van der Waals surface area contributed by atoms with E-state index in [1.54, 1.807) is 6.26 Å². The summed E-state index contributed by atoms with van der Waals surface area (Å²) in [5.41, 5.74) is 7.04. The fraction of sp³-hybridized carbons (Fsp3) is 0. The minimum Gasteiger partial charge on any atom is -0.464 e. The molecule has 0 saturated carbocycles. The Morgan fingerprint density at radius 1 is 1.12 bits per heavy atom. The molecule has 17 heavy (non-hydrogen) atoms. The summed E-state index contributed by atoms with van der Waals surface area (Å²) in [6.07, 6.45) is 1.58. The van der Waals surface area contributed by atoms with Crippen LogP contribution in [0, 0.1) is 0 Å². The van der Waals surface area contributed by atoms with E-state index < -0.39 is 0 Å². The Hall–Kier alpha value is -2.14. The van der Waals surface area contributed by atoms with Crippen LogP contribution in [0.4, 0.5) is 5.95 Å². The summed E-state index contributed by atoms with van der Waals surface area (Å²) in [6, 6.07) is 7.59. The van der Waals surface area contributed by atoms with E-state index in [4.69, 9.17) is 21.8 Å². The molecule has 0 unspecified atom stereocenters. The predicted octanol–water partition coefficient (Wildman–Crippen LogP) is 2.52. The molecule has 0 bridgehead atoms. The first-order valence-corrected chi connectivity index (χ1v) is 5.25. The maximum absolute atomic E-state index is 5.75. The van der Waals surface area contributed by atoms with Gasteiger partial charge in [0.05, 0.1) is 5.56 Å². The first-order chi connectivity index (χ1) is 8.24. The smallest absolute Gasteiger partial charge is 0.227 e. The number of aromatic nitrogens is 3. The number of nitrogen functional groups attached to an aromatic ring is 1. The second kappa shape index (κ2) is 3.71. The van der Waals surface area contributed by atoms with Crippen molar-refractivity contribution in [1.29, 1.82) is 0 Å². The van der Waals surface area contributed by atoms with Gasteiger partial charge in [0.1, 0.15) is 11.8 Å². The third-order valence-corrected chi connectivity index (χ3v) is 2.52. The molecular weight excluding hydrogens is 240 g/mol. The van der Waals surface area contributed by atoms with Crippen LogP contribution >= 0.6 is 11.6 Å². The molecule has 0 saturated heterocycles. The van der Waals surface area contributed by atoms with Crippen molar-refractivity contribution >= 4 is 28.5 Å². The van der Waals surface area contributed by atoms with Crippen molar-refractivity contribution in [2.75, 3.05) is 5.73 Å². The SMILES string of the molecule is Nc1nc(Cl)nc(-c2coc3ccccc23)n1. The zero-order valence-electron chi connectivity index (χ0n) is 8.59. The van der Waals surface area contributed by atoms with E-state index in [-0.39, 0.29) is 11.2 Å². The van der Waals surface area contributed by atoms with Crippen LogP contribution in [0.2, 0.25) is 5.28 Å². The quantitative estimate of drug-likeness (QED) is 0.714. The summed E-state index contributed by atoms with van der Waals surface area (Å²) in [4.78, 5) is 11.8. The zero-order valence-corrected chi connectivity index (χ0v) is 9.35. The van der Waals surface area contributed by atoms with Gasteiger partial charge in [-0.3, -0.25) is 0 Å². The number of hydrogen-bond donors (Lipinski definition) is 1. The number of halogens is 1. The first-order valence-electron chi connectivity index (χ1n) is 4.88. The van der Waals surface area contributed by atoms with E-state index in [0.717, 1.165) is 16.5 Å². The Morgan fingerprint density at radius 3 is 2.76 bits per heavy atom. The fourth-order valence-electron chi connectivity index (χ4n) is 1.64. The van der Waals surface area contributed by atoms with Crippen molar-refractivity contribution in [2.24, 2.45) is 0 Å². The summed E-state index contributed by atoms with van der Waals surface area (Å²) in [5.74, 6) is 0.498. The van der Waals surface area contributed by atoms with E-state index >= 15 is 0 Å². The number of rotatable bonds is 1. The van der Waals surface area contributed by atoms with Crippen LogP contribution in [0.3, 0.4) is 0 Å². The number of nitrogens with two attached hydrogens (primary N) is 1. The maximum Gasteiger partial charge on any atom is 0.227 e. The molecule has 0 fully saturated rings. The third kappa shape index (κ3) is 1.70. The topological polar surface area (TPSA) is 77.8 Å². The van der Waals surface area contributed by atoms with Gasteiger partial charge in [-0.15, -0.1) is 0 Å². The van der Waals surface area contributed by atoms with Gasteiger partial charge in [0.15, 0.2) is 5.82 Å². The lowest BCUT2D eigenvalue weighted by Gasteiger charge is -1.98. The molecule has 2 heterocycles. The second-order valence-electron chi connectivity index (χ2n) is 3.43. The summed E-state index contributed by atoms with van der Waals surface area (Å²) >= 11 is 5.75. The molecule has 3 rings (SSSR count). The van der Waals surface area contributed by atoms with Gasteiger partial charge in [-0.25, -0.2) is 0 Å². The van der Waals surface area contributed by atoms with Crippen LogP contribution in [0.1, 0.15) is 0 Å². The molecular formula is C11H7ClN4O. The molecule has 84 valence electrons. The second-order valence-corrected chi connectivity index (χ2v) is 3.77. The number of hydrogen-bond acceptors (Lipinski definition) is 5. The Morgan fingerprint density at radius 2 is 1.94 bits per heavy atom. The molecule has 0 amide bonds. The van der Waals surface area contributed by atoms with Crippen molar-refractivity contribution in [1.82, 2.24) is 15.0 Å². The lowest BCUT2D eigenvalue weighted by atomic mass is 10.2. The van der Waals surface area contributed by atoms with Gasteiger partial charge in [-0.05, 0) is 17.7 Å². The van der Waals surface area contributed by atoms with Crippen molar-refractivity contribution in [3.8, 4) is 11.4 Å². The van der Waals surface area contributed by atoms with Crippen LogP contribution in [-0.2, 0) is 0 Å². The van der Waals surface area contributed by atoms with Gasteiger partial charge in [0.25, 0.3) is 0 Å². The normalized spacial score (nSPS) is 10.9. The minimum absolute atomic E-state index is 0.0674. The largest absolute Gasteiger partial charge is 0.464 e. The Labute approximate surface area is 101 Å². The number of para-hydroxylation sites is 1. The molecule has 2 N–H and O–H groups in total. The fourth-order valence-corrected chi connectivity index (χ4v) is 1.80. The summed E-state index contributed by atoms with van der Waals surface area (Å²) in [5, 5.41) is 0.979. The number of anilines is 1. The lowest BCUT2D eigenvalue weighted by Crippen LogP contribution is -1.99. The van der Waals surface area contributed by atoms with Crippen molar-refractivity contribution in [3.63, 3.8) is 0 Å². The van der Waals surface area contributed by atoms with Gasteiger partial charge in [-0.2, -0.15) is 15.0 Å². The van der Waals surface area contributed by atoms with Gasteiger partial charge in [-0.1, -0.05) is 18.2 Å². The average molecular weight is 247 g/mol. The molecule has 1 aromatic carbocycles. The summed E-state index contributed by atoms with van der Waals surface area (Å²) < 4.78 is 5.40. The van der Waals surface area contributed by atoms with E-state index in [1.807, 2.05) is 24.3 Å². The Bertz CT molecular complexity index is 675. The maximum atomic E-state index is 5.75. The van der Waals surface area contributed by atoms with Crippen LogP contribution in [0.25, 0.3) is 22.4 Å². The molecule has 0 radical (unpaired) electrons. The molecule has 0 aliphatic heterocycles. The molecule has 6 heteroatoms. The molecule has 0 aliphatic rings. The van der Waals surface area contributed by atoms with Crippen LogP contribution in [0.5, 0.6) is 0 Å². The first kappa shape index (κ1) is 10.0. The average Bonchev–Trinajstić information content (AvgIpc) is 2.71. The summed E-state index contributed by atoms with van der Waals surface area (Å²) in [7, 11) is 0. The van der Waals surface area contributed by atoms with E-state index in [0.29, 0.717) is 5.82 Å². The lowest BCUT2D eigenvalue weighted by molar-refractivity contribution is 0.616. The van der Waals surface area contributed by atoms with Crippen LogP contribution in [-0.4, -0.2) is 15.0 Å². The number of nitrogens with zero attached hydrogens (tertiary/aromatic N) is 3. The van der Waals surface area contributed by atoms with Crippen LogP contribution in [0.15, 0.2) is 34.9 Å². The highest BCUT2D eigenvalue weighted by molar-refractivity contribution is 6.28. The number of benzene rings is 1. The predicted molar refractivity (Wildman–Crippen MR) is 64.5 cm³/mol. The molecule has 0 aliphatic carbocycles. The molecule has 0 spiro atoms. The third-order valence-electron chi connectivity index (χ3n) is 2.35. The number of furan rings is 1. The minimum atomic E-state index is 0.0674.